The first-order chi connectivity index (χ1) is 23.8. The van der Waals surface area contributed by atoms with Crippen LogP contribution in [0, 0.1) is 11.6 Å². The average molecular weight is 3480 g/mol. The van der Waals surface area contributed by atoms with Crippen LogP contribution in [-0.4, -0.2) is 12.3 Å². The van der Waals surface area contributed by atoms with Crippen LogP contribution in [0.25, 0.3) is 11.1 Å². The van der Waals surface area contributed by atoms with Crippen molar-refractivity contribution in [3.05, 3.63) is 95.0 Å². The molecule has 51 heavy (non-hydrogen) atoms. The summed E-state index contributed by atoms with van der Waals surface area (Å²) in [6.07, 6.45) is 0.500. The van der Waals surface area contributed by atoms with Crippen molar-refractivity contribution in [2.45, 2.75) is 0 Å². The second-order valence-corrected chi connectivity index (χ2v) is 543. The molecule has 31 heteroatoms. The summed E-state index contributed by atoms with van der Waals surface area (Å²) in [5.41, 5.74) is 2.16. The van der Waals surface area contributed by atoms with Gasteiger partial charge >= 0.3 is 341 Å². The van der Waals surface area contributed by atoms with E-state index < -0.39 is 86.8 Å². The van der Waals surface area contributed by atoms with Crippen molar-refractivity contribution in [2.75, 3.05) is 0 Å². The zero-order chi connectivity index (χ0) is 39.8. The molecule has 3 rings (SSSR count). The summed E-state index contributed by atoms with van der Waals surface area (Å²) >= 11 is 43.3. The zero-order valence-electron chi connectivity index (χ0n) is 22.8. The predicted molar refractivity (Wildman–Crippen MR) is 432 cm³/mol. The van der Waals surface area contributed by atoms with Gasteiger partial charge in [-0.25, -0.2) is 8.78 Å². The Kier molecular flexibility index (Phi) is 56.9. The number of rotatable bonds is 11. The van der Waals surface area contributed by atoms with Crippen LogP contribution in [0.15, 0.2) is 83.3 Å². The Morgan fingerprint density at radius 3 is 0.882 bits per heavy atom. The molecule has 0 aromatic heterocycles. The molecule has 0 bridgehead atoms. The fourth-order valence-corrected chi connectivity index (χ4v) is 3770. The summed E-state index contributed by atoms with van der Waals surface area (Å²) in [5, 5.41) is 0. The molecule has 0 heterocycles. The van der Waals surface area contributed by atoms with Gasteiger partial charge < -0.3 is 0 Å². The van der Waals surface area contributed by atoms with Crippen molar-refractivity contribution < 1.29 is 28.0 Å². The number of hydrogen-bond acceptors (Lipinski definition) is 4. The van der Waals surface area contributed by atoms with Crippen LogP contribution in [0.1, 0.15) is 0 Å². The van der Waals surface area contributed by atoms with E-state index in [0.29, 0.717) is 0 Å². The first-order valence-corrected chi connectivity index (χ1v) is 156. The van der Waals surface area contributed by atoms with Gasteiger partial charge in [-0.15, -0.1) is 0 Å². The second-order valence-electron chi connectivity index (χ2n) is 6.26. The SMILES string of the molecule is Fc1ccc(-c2ccccc2)cc1.Fc1ccc(Br)cc1.II(I)I(I)I(I)I(I)I(I)I(I)I(I)I(I)I(I)I(I)I(I)I.O=C=O.O=C=O. The Morgan fingerprint density at radius 1 is 0.392 bits per heavy atom. The molecule has 0 aliphatic heterocycles. The van der Waals surface area contributed by atoms with Crippen LogP contribution in [0.2, 0.25) is 0 Å². The van der Waals surface area contributed by atoms with Crippen molar-refractivity contribution in [3.63, 3.8) is 0 Å². The fraction of sp³-hybridized carbons (Fsp3) is 0. The maximum Gasteiger partial charge on any atom is 0.373 e. The molecule has 3 aromatic carbocycles. The maximum atomic E-state index is 12.6. The van der Waals surface area contributed by atoms with Crippen molar-refractivity contribution >= 4 is 357 Å². The summed E-state index contributed by atoms with van der Waals surface area (Å²) in [4.78, 5) is 32.5. The Bertz CT molecular complexity index is 1350. The number of benzene rings is 3. The van der Waals surface area contributed by atoms with Gasteiger partial charge in [-0.2, -0.15) is 19.2 Å². The first kappa shape index (κ1) is 67.4. The van der Waals surface area contributed by atoms with Crippen LogP contribution < -0.4 is 0 Å². The van der Waals surface area contributed by atoms with Crippen LogP contribution in [-0.2, 0) is 19.2 Å². The van der Waals surface area contributed by atoms with Crippen LogP contribution in [0.3, 0.4) is 0 Å². The van der Waals surface area contributed by atoms with E-state index in [-0.39, 0.29) is 23.9 Å². The second kappa shape index (κ2) is 43.1. The molecule has 0 unspecified atom stereocenters. The van der Waals surface area contributed by atoms with Gasteiger partial charge in [-0.3, -0.25) is 0 Å². The normalized spacial score (nSPS) is 12.8. The van der Waals surface area contributed by atoms with Gasteiger partial charge in [-0.05, 0) is 47.5 Å². The van der Waals surface area contributed by atoms with E-state index in [1.807, 2.05) is 30.3 Å². The van der Waals surface area contributed by atoms with E-state index in [1.165, 1.54) is 24.3 Å². The third-order valence-corrected chi connectivity index (χ3v) is 1660. The summed E-state index contributed by atoms with van der Waals surface area (Å²) in [6, 6.07) is 22.6. The quantitative estimate of drug-likeness (QED) is 0.179. The van der Waals surface area contributed by atoms with E-state index in [4.69, 9.17) is 19.2 Å². The number of carbonyl (C=O) groups excluding carboxylic acids is 4. The molecular weight excluding hydrogens is 3470 g/mol. The molecule has 3 aromatic rings. The monoisotopic (exact) mass is 3480 g/mol. The van der Waals surface area contributed by atoms with Crippen LogP contribution in [0.5, 0.6) is 0 Å². The topological polar surface area (TPSA) is 68.3 Å². The number of hydrogen-bond donors (Lipinski definition) is 0. The third kappa shape index (κ3) is 33.5. The van der Waals surface area contributed by atoms with Gasteiger partial charge in [0, 0.05) is 4.47 Å². The average Bonchev–Trinajstić information content (AvgIpc) is 3.11. The minimum Gasteiger partial charge on any atom is -0.186 e. The Balaban J connectivity index is 0. The first-order valence-electron chi connectivity index (χ1n) is 10.5. The molecule has 0 aliphatic carbocycles. The minimum absolute atomic E-state index is 0.195. The van der Waals surface area contributed by atoms with Crippen molar-refractivity contribution in [1.29, 1.82) is 0 Å². The standard InChI is InChI=1S/C12H9F.C6H4BrF.2CO2.I24/c13-12-8-6-11(7-9-12)10-4-2-1-3-5-10;7-5-1-3-6(8)4-2-5;2*2-1-3;1-14(2)16(5)18(7)20(9)22(11)24(13)23(12)21(10)19(8)17(6)15(3)4/h1-9H;1-4H;;;. The minimum atomic E-state index is -0.455. The van der Waals surface area contributed by atoms with E-state index >= 15 is 0 Å². The van der Waals surface area contributed by atoms with Crippen LogP contribution >= 0.6 is 345 Å². The van der Waals surface area contributed by atoms with Crippen molar-refractivity contribution in [2.24, 2.45) is 0 Å². The molecule has 0 saturated heterocycles. The molecule has 0 radical (unpaired) electrons. The van der Waals surface area contributed by atoms with Crippen molar-refractivity contribution in [1.82, 2.24) is 0 Å². The molecule has 4 nitrogen and oxygen atoms in total. The maximum absolute atomic E-state index is 12.6. The van der Waals surface area contributed by atoms with E-state index in [2.05, 4.69) is 258 Å². The molecule has 0 spiro atoms. The van der Waals surface area contributed by atoms with Gasteiger partial charge in [0.15, 0.2) is 0 Å². The van der Waals surface area contributed by atoms with Crippen molar-refractivity contribution in [3.8, 4) is 11.1 Å². The Morgan fingerprint density at radius 2 is 0.627 bits per heavy atom. The molecule has 0 saturated carbocycles. The van der Waals surface area contributed by atoms with Gasteiger partial charge in [0.05, 0.1) is 0 Å². The largest absolute Gasteiger partial charge is 0.373 e. The summed E-state index contributed by atoms with van der Waals surface area (Å²) in [7, 11) is -4.75. The molecule has 0 fully saturated rings. The van der Waals surface area contributed by atoms with Gasteiger partial charge in [-0.1, -0.05) is 58.4 Å². The summed E-state index contributed by atoms with van der Waals surface area (Å²) in [5.74, 6) is -0.395. The third-order valence-electron chi connectivity index (χ3n) is 3.57. The summed E-state index contributed by atoms with van der Waals surface area (Å²) in [6.45, 7) is 0. The van der Waals surface area contributed by atoms with Gasteiger partial charge in [0.1, 0.15) is 11.6 Å². The zero-order valence-corrected chi connectivity index (χ0v) is 76.2. The predicted octanol–water partition coefficient (Wildman–Crippen LogP) is 26.2. The van der Waals surface area contributed by atoms with E-state index in [9.17, 15) is 8.78 Å². The fourth-order valence-electron chi connectivity index (χ4n) is 1.98. The van der Waals surface area contributed by atoms with E-state index in [1.54, 1.807) is 24.3 Å². The molecule has 0 aliphatic rings. The Labute approximate surface area is 471 Å². The molecule has 0 N–H and O–H groups in total. The number of halogens is 27. The Hall–Kier alpha value is 14.3. The molecular formula is C20H13BrF2I24O4. The molecule has 0 amide bonds. The molecule has 306 valence electrons. The smallest absolute Gasteiger partial charge is 0.186 e. The summed E-state index contributed by atoms with van der Waals surface area (Å²) < 4.78 is 25.6. The van der Waals surface area contributed by atoms with Gasteiger partial charge in [0.25, 0.3) is 0 Å². The molecule has 0 atom stereocenters. The van der Waals surface area contributed by atoms with Crippen LogP contribution in [0.4, 0.5) is 8.78 Å². The van der Waals surface area contributed by atoms with E-state index in [0.717, 1.165) is 15.6 Å². The van der Waals surface area contributed by atoms with Gasteiger partial charge in [0.2, 0.25) is 0 Å².